The number of aromatic nitrogens is 5. The van der Waals surface area contributed by atoms with Gasteiger partial charge in [0.05, 0.1) is 6.42 Å². The Labute approximate surface area is 118 Å². The van der Waals surface area contributed by atoms with E-state index in [-0.39, 0.29) is 5.69 Å². The number of nitrogens with one attached hydrogen (secondary N) is 1. The average Bonchev–Trinajstić information content (AvgIpc) is 3.01. The summed E-state index contributed by atoms with van der Waals surface area (Å²) in [5.74, 6) is 0.179. The molecule has 114 valence electrons. The van der Waals surface area contributed by atoms with Gasteiger partial charge in [0.15, 0.2) is 5.69 Å². The highest BCUT2D eigenvalue weighted by molar-refractivity contribution is 5.29. The number of anilines is 1. The molecule has 1 aliphatic rings. The number of nitrogens with two attached hydrogens (primary N) is 1. The molecule has 1 atom stereocenters. The van der Waals surface area contributed by atoms with Crippen LogP contribution in [0.5, 0.6) is 0 Å². The highest BCUT2D eigenvalue weighted by Crippen LogP contribution is 2.31. The van der Waals surface area contributed by atoms with Crippen LogP contribution in [0.1, 0.15) is 31.1 Å². The predicted molar refractivity (Wildman–Crippen MR) is 66.9 cm³/mol. The zero-order chi connectivity index (χ0) is 15.0. The van der Waals surface area contributed by atoms with Crippen LogP contribution in [0.4, 0.5) is 18.9 Å². The Hall–Kier alpha value is -2.06. The number of rotatable bonds is 6. The third-order valence-corrected chi connectivity index (χ3v) is 3.59. The van der Waals surface area contributed by atoms with Crippen LogP contribution >= 0.6 is 0 Å². The zero-order valence-electron chi connectivity index (χ0n) is 11.2. The fourth-order valence-electron chi connectivity index (χ4n) is 2.34. The molecule has 0 unspecified atom stereocenters. The van der Waals surface area contributed by atoms with Crippen LogP contribution in [-0.2, 0) is 6.54 Å². The van der Waals surface area contributed by atoms with Gasteiger partial charge in [-0.2, -0.15) is 4.39 Å². The lowest BCUT2D eigenvalue weighted by atomic mass is 10.2. The Balaban J connectivity index is 1.92. The summed E-state index contributed by atoms with van der Waals surface area (Å²) in [4.78, 5) is 0. The Morgan fingerprint density at radius 2 is 2.24 bits per heavy atom. The minimum atomic E-state index is -2.55. The first kappa shape index (κ1) is 13.9. The number of hydrogen-bond acceptors (Lipinski definition) is 3. The predicted octanol–water partition coefficient (Wildman–Crippen LogP) is 1.27. The summed E-state index contributed by atoms with van der Waals surface area (Å²) in [6, 6.07) is -0.835. The van der Waals surface area contributed by atoms with Crippen molar-refractivity contribution in [2.24, 2.45) is 5.92 Å². The number of halogens is 3. The number of H-pyrrole nitrogens is 1. The van der Waals surface area contributed by atoms with E-state index in [1.54, 1.807) is 4.57 Å². The van der Waals surface area contributed by atoms with E-state index < -0.39 is 24.8 Å². The maximum atomic E-state index is 13.4. The molecule has 0 spiro atoms. The lowest BCUT2D eigenvalue weighted by molar-refractivity contribution is -0.769. The molecule has 0 aromatic carbocycles. The molecule has 3 rings (SSSR count). The van der Waals surface area contributed by atoms with E-state index in [9.17, 15) is 13.2 Å². The van der Waals surface area contributed by atoms with Crippen molar-refractivity contribution in [2.75, 3.05) is 5.73 Å². The van der Waals surface area contributed by atoms with Gasteiger partial charge < -0.3 is 10.3 Å². The number of hydrogen-bond donors (Lipinski definition) is 2. The van der Waals surface area contributed by atoms with Crippen molar-refractivity contribution in [1.29, 1.82) is 0 Å². The summed E-state index contributed by atoms with van der Waals surface area (Å²) in [6.45, 7) is 0.696. The zero-order valence-corrected chi connectivity index (χ0v) is 11.2. The van der Waals surface area contributed by atoms with Gasteiger partial charge in [0, 0.05) is 6.54 Å². The SMILES string of the molecule is Nc1c[n+]([C@@H](CC(F)F)c2nncn2CC2CC2)[nH]c1F. The summed E-state index contributed by atoms with van der Waals surface area (Å²) in [5.41, 5.74) is 5.31. The van der Waals surface area contributed by atoms with Crippen LogP contribution in [0.3, 0.4) is 0 Å². The van der Waals surface area contributed by atoms with Gasteiger partial charge in [0.1, 0.15) is 6.33 Å². The van der Waals surface area contributed by atoms with E-state index in [0.717, 1.165) is 12.8 Å². The summed E-state index contributed by atoms with van der Waals surface area (Å²) in [5, 5.41) is 10.1. The van der Waals surface area contributed by atoms with Gasteiger partial charge in [-0.15, -0.1) is 20.0 Å². The second-order valence-corrected chi connectivity index (χ2v) is 5.34. The lowest BCUT2D eigenvalue weighted by Crippen LogP contribution is -2.44. The molecule has 2 aromatic rings. The van der Waals surface area contributed by atoms with Crippen molar-refractivity contribution < 1.29 is 17.9 Å². The largest absolute Gasteiger partial charge is 0.390 e. The molecule has 2 heterocycles. The summed E-state index contributed by atoms with van der Waals surface area (Å²) >= 11 is 0. The molecule has 0 aliphatic heterocycles. The molecule has 1 saturated carbocycles. The van der Waals surface area contributed by atoms with Crippen LogP contribution in [0.25, 0.3) is 0 Å². The molecule has 0 amide bonds. The number of nitrogen functional groups attached to an aromatic ring is 1. The van der Waals surface area contributed by atoms with Crippen molar-refractivity contribution in [2.45, 2.75) is 38.3 Å². The molecule has 2 aromatic heterocycles. The first-order valence-electron chi connectivity index (χ1n) is 6.75. The number of alkyl halides is 2. The van der Waals surface area contributed by atoms with Gasteiger partial charge in [-0.3, -0.25) is 0 Å². The Bertz CT molecular complexity index is 599. The molecule has 3 N–H and O–H groups in total. The second-order valence-electron chi connectivity index (χ2n) is 5.34. The highest BCUT2D eigenvalue weighted by atomic mass is 19.3. The fraction of sp³-hybridized carbons (Fsp3) is 0.583. The van der Waals surface area contributed by atoms with Crippen molar-refractivity contribution in [3.05, 3.63) is 24.3 Å². The smallest absolute Gasteiger partial charge is 0.271 e. The van der Waals surface area contributed by atoms with Crippen molar-refractivity contribution in [3.63, 3.8) is 0 Å². The van der Waals surface area contributed by atoms with Gasteiger partial charge in [-0.25, -0.2) is 8.78 Å². The van der Waals surface area contributed by atoms with Gasteiger partial charge in [-0.05, 0) is 18.8 Å². The van der Waals surface area contributed by atoms with Crippen LogP contribution in [0.2, 0.25) is 0 Å². The topological polar surface area (TPSA) is 76.4 Å². The molecular formula is C12H16F3N6+. The maximum absolute atomic E-state index is 13.4. The molecule has 1 aliphatic carbocycles. The van der Waals surface area contributed by atoms with Crippen LogP contribution < -0.4 is 10.4 Å². The van der Waals surface area contributed by atoms with Gasteiger partial charge in [-0.1, -0.05) is 0 Å². The molecule has 9 heteroatoms. The third-order valence-electron chi connectivity index (χ3n) is 3.59. The summed E-state index contributed by atoms with van der Waals surface area (Å²) in [7, 11) is 0. The minimum Gasteiger partial charge on any atom is -0.390 e. The van der Waals surface area contributed by atoms with Gasteiger partial charge >= 0.3 is 0 Å². The van der Waals surface area contributed by atoms with Gasteiger partial charge in [0.25, 0.3) is 5.95 Å². The first-order valence-corrected chi connectivity index (χ1v) is 6.75. The Kier molecular flexibility index (Phi) is 3.56. The highest BCUT2D eigenvalue weighted by Gasteiger charge is 2.34. The molecule has 0 bridgehead atoms. The number of aromatic amines is 1. The normalized spacial score (nSPS) is 16.6. The Morgan fingerprint density at radius 1 is 1.48 bits per heavy atom. The van der Waals surface area contributed by atoms with E-state index in [0.29, 0.717) is 18.3 Å². The lowest BCUT2D eigenvalue weighted by Gasteiger charge is -2.11. The van der Waals surface area contributed by atoms with Crippen LogP contribution in [0.15, 0.2) is 12.5 Å². The second kappa shape index (κ2) is 5.38. The molecular weight excluding hydrogens is 285 g/mol. The third kappa shape index (κ3) is 3.01. The van der Waals surface area contributed by atoms with E-state index in [1.807, 2.05) is 0 Å². The van der Waals surface area contributed by atoms with Crippen molar-refractivity contribution in [3.8, 4) is 0 Å². The maximum Gasteiger partial charge on any atom is 0.271 e. The summed E-state index contributed by atoms with van der Waals surface area (Å²) in [6.07, 6.45) is 1.98. The van der Waals surface area contributed by atoms with E-state index in [2.05, 4.69) is 15.3 Å². The van der Waals surface area contributed by atoms with Crippen LogP contribution in [0, 0.1) is 11.9 Å². The molecule has 21 heavy (non-hydrogen) atoms. The monoisotopic (exact) mass is 301 g/mol. The van der Waals surface area contributed by atoms with E-state index >= 15 is 0 Å². The Morgan fingerprint density at radius 3 is 2.81 bits per heavy atom. The quantitative estimate of drug-likeness (QED) is 0.789. The van der Waals surface area contributed by atoms with Crippen LogP contribution in [-0.4, -0.2) is 26.3 Å². The molecule has 0 saturated heterocycles. The van der Waals surface area contributed by atoms with E-state index in [1.165, 1.54) is 17.2 Å². The molecule has 1 fully saturated rings. The average molecular weight is 301 g/mol. The fourth-order valence-corrected chi connectivity index (χ4v) is 2.34. The van der Waals surface area contributed by atoms with Gasteiger partial charge in [0.2, 0.25) is 24.5 Å². The van der Waals surface area contributed by atoms with E-state index in [4.69, 9.17) is 5.73 Å². The van der Waals surface area contributed by atoms with Crippen molar-refractivity contribution in [1.82, 2.24) is 19.9 Å². The standard InChI is InChI=1S/C12H15F3N6/c13-10(14)3-9(21-5-8(16)11(15)19-21)12-18-17-6-20(12)4-7-1-2-7/h5-7,9-10H,1-4,16H2/p+1/t9-/m0/s1. The minimum absolute atomic E-state index is 0.123. The van der Waals surface area contributed by atoms with Crippen molar-refractivity contribution >= 4 is 5.69 Å². The molecule has 0 radical (unpaired) electrons. The summed E-state index contributed by atoms with van der Waals surface area (Å²) < 4.78 is 42.1. The first-order chi connectivity index (χ1) is 10.0. The molecule has 6 nitrogen and oxygen atoms in total. The number of nitrogens with zero attached hydrogens (tertiary/aromatic N) is 4.